The van der Waals surface area contributed by atoms with Crippen molar-refractivity contribution in [3.63, 3.8) is 0 Å². The molecule has 2 aromatic rings. The molecule has 0 aliphatic carbocycles. The molecule has 0 bridgehead atoms. The van der Waals surface area contributed by atoms with Crippen LogP contribution in [-0.2, 0) is 9.84 Å². The second-order valence-corrected chi connectivity index (χ2v) is 6.65. The van der Waals surface area contributed by atoms with Crippen molar-refractivity contribution < 1.29 is 13.2 Å². The topological polar surface area (TPSA) is 89.0 Å². The molecule has 0 atom stereocenters. The van der Waals surface area contributed by atoms with Crippen LogP contribution >= 0.6 is 11.5 Å². The predicted octanol–water partition coefficient (Wildman–Crippen LogP) is 1.50. The highest BCUT2D eigenvalue weighted by molar-refractivity contribution is 7.90. The lowest BCUT2D eigenvalue weighted by atomic mass is 10.3. The summed E-state index contributed by atoms with van der Waals surface area (Å²) in [4.78, 5) is 12.4. The van der Waals surface area contributed by atoms with Gasteiger partial charge in [-0.25, -0.2) is 8.42 Å². The molecule has 19 heavy (non-hydrogen) atoms. The number of hydrogen-bond donors (Lipinski definition) is 1. The number of sulfone groups is 1. The van der Waals surface area contributed by atoms with Crippen LogP contribution in [-0.4, -0.2) is 30.2 Å². The Bertz CT molecular complexity index is 722. The first-order chi connectivity index (χ1) is 8.89. The Kier molecular flexibility index (Phi) is 3.63. The molecule has 0 unspecified atom stereocenters. The Morgan fingerprint density at radius 3 is 2.58 bits per heavy atom. The van der Waals surface area contributed by atoms with Crippen molar-refractivity contribution in [3.8, 4) is 0 Å². The van der Waals surface area contributed by atoms with Crippen LogP contribution in [0.5, 0.6) is 0 Å². The van der Waals surface area contributed by atoms with Crippen molar-refractivity contribution >= 4 is 33.0 Å². The molecule has 100 valence electrons. The number of anilines is 1. The Morgan fingerprint density at radius 1 is 1.32 bits per heavy atom. The molecule has 0 radical (unpaired) electrons. The van der Waals surface area contributed by atoms with Crippen LogP contribution in [0.3, 0.4) is 0 Å². The molecule has 1 heterocycles. The van der Waals surface area contributed by atoms with Gasteiger partial charge in [0, 0.05) is 6.26 Å². The van der Waals surface area contributed by atoms with Gasteiger partial charge in [0.05, 0.1) is 16.3 Å². The Morgan fingerprint density at radius 2 is 2.00 bits per heavy atom. The molecule has 0 saturated carbocycles. The van der Waals surface area contributed by atoms with E-state index >= 15 is 0 Å². The van der Waals surface area contributed by atoms with E-state index in [2.05, 4.69) is 14.9 Å². The van der Waals surface area contributed by atoms with Crippen molar-refractivity contribution in [1.82, 2.24) is 9.59 Å². The van der Waals surface area contributed by atoms with Gasteiger partial charge < -0.3 is 5.32 Å². The number of aryl methyl sites for hydroxylation is 1. The van der Waals surface area contributed by atoms with Crippen LogP contribution in [0, 0.1) is 6.92 Å². The van der Waals surface area contributed by atoms with Gasteiger partial charge in [0.1, 0.15) is 4.88 Å². The van der Waals surface area contributed by atoms with Gasteiger partial charge in [0.25, 0.3) is 5.91 Å². The first-order valence-corrected chi connectivity index (χ1v) is 7.95. The first kappa shape index (κ1) is 13.6. The van der Waals surface area contributed by atoms with Crippen molar-refractivity contribution in [2.45, 2.75) is 11.8 Å². The normalized spacial score (nSPS) is 11.3. The van der Waals surface area contributed by atoms with E-state index in [4.69, 9.17) is 0 Å². The van der Waals surface area contributed by atoms with Crippen LogP contribution in [0.25, 0.3) is 0 Å². The van der Waals surface area contributed by atoms with Gasteiger partial charge >= 0.3 is 0 Å². The fourth-order valence-corrected chi connectivity index (χ4v) is 2.91. The highest BCUT2D eigenvalue weighted by Crippen LogP contribution is 2.22. The summed E-state index contributed by atoms with van der Waals surface area (Å²) in [6.07, 6.45) is 1.09. The number of benzene rings is 1. The minimum absolute atomic E-state index is 0.0819. The lowest BCUT2D eigenvalue weighted by Gasteiger charge is -2.08. The van der Waals surface area contributed by atoms with Gasteiger partial charge in [0.15, 0.2) is 9.84 Å². The Balaban J connectivity index is 2.35. The second-order valence-electron chi connectivity index (χ2n) is 3.91. The van der Waals surface area contributed by atoms with Crippen molar-refractivity contribution in [3.05, 3.63) is 34.8 Å². The molecule has 0 aliphatic heterocycles. The lowest BCUT2D eigenvalue weighted by molar-refractivity contribution is 0.102. The van der Waals surface area contributed by atoms with E-state index in [9.17, 15) is 13.2 Å². The minimum Gasteiger partial charge on any atom is -0.320 e. The molecule has 1 N–H and O–H groups in total. The zero-order chi connectivity index (χ0) is 14.0. The number of rotatable bonds is 3. The molecule has 0 fully saturated rings. The number of nitrogens with one attached hydrogen (secondary N) is 1. The molecular formula is C11H11N3O3S2. The van der Waals surface area contributed by atoms with Crippen LogP contribution in [0.1, 0.15) is 15.4 Å². The van der Waals surface area contributed by atoms with Crippen molar-refractivity contribution in [2.75, 3.05) is 11.6 Å². The Labute approximate surface area is 114 Å². The fourth-order valence-electron chi connectivity index (χ4n) is 1.51. The van der Waals surface area contributed by atoms with Gasteiger partial charge in [-0.2, -0.15) is 0 Å². The molecule has 1 aromatic heterocycles. The summed E-state index contributed by atoms with van der Waals surface area (Å²) in [5, 5.41) is 6.31. The highest BCUT2D eigenvalue weighted by atomic mass is 32.2. The van der Waals surface area contributed by atoms with E-state index in [-0.39, 0.29) is 10.6 Å². The summed E-state index contributed by atoms with van der Waals surface area (Å²) in [5.41, 5.74) is 0.766. The largest absolute Gasteiger partial charge is 0.320 e. The van der Waals surface area contributed by atoms with E-state index < -0.39 is 15.7 Å². The smallest absolute Gasteiger partial charge is 0.269 e. The van der Waals surface area contributed by atoms with Gasteiger partial charge in [-0.3, -0.25) is 4.79 Å². The number of para-hydroxylation sites is 1. The fraction of sp³-hybridized carbons (Fsp3) is 0.182. The number of carbonyl (C=O) groups excluding carboxylic acids is 1. The van der Waals surface area contributed by atoms with Crippen molar-refractivity contribution in [1.29, 1.82) is 0 Å². The number of aromatic nitrogens is 2. The average Bonchev–Trinajstić information content (AvgIpc) is 2.75. The molecule has 0 aliphatic rings. The van der Waals surface area contributed by atoms with E-state index in [1.807, 2.05) is 0 Å². The van der Waals surface area contributed by atoms with E-state index in [0.29, 0.717) is 10.6 Å². The van der Waals surface area contributed by atoms with E-state index in [1.54, 1.807) is 19.1 Å². The summed E-state index contributed by atoms with van der Waals surface area (Å²) in [6.45, 7) is 1.67. The van der Waals surface area contributed by atoms with Crippen LogP contribution in [0.15, 0.2) is 29.2 Å². The third kappa shape index (κ3) is 2.96. The molecular weight excluding hydrogens is 286 g/mol. The van der Waals surface area contributed by atoms with E-state index in [0.717, 1.165) is 17.8 Å². The number of carbonyl (C=O) groups is 1. The molecule has 0 saturated heterocycles. The highest BCUT2D eigenvalue weighted by Gasteiger charge is 2.18. The Hall–Kier alpha value is -1.80. The van der Waals surface area contributed by atoms with Gasteiger partial charge in [-0.15, -0.1) is 5.10 Å². The maximum Gasteiger partial charge on any atom is 0.269 e. The summed E-state index contributed by atoms with van der Waals surface area (Å²) in [7, 11) is -3.40. The zero-order valence-electron chi connectivity index (χ0n) is 10.2. The first-order valence-electron chi connectivity index (χ1n) is 5.29. The summed E-state index contributed by atoms with van der Waals surface area (Å²) >= 11 is 0.968. The average molecular weight is 297 g/mol. The summed E-state index contributed by atoms with van der Waals surface area (Å²) in [5.74, 6) is -0.413. The van der Waals surface area contributed by atoms with Crippen LogP contribution in [0.4, 0.5) is 5.69 Å². The quantitative estimate of drug-likeness (QED) is 0.927. The van der Waals surface area contributed by atoms with Gasteiger partial charge in [-0.1, -0.05) is 16.6 Å². The van der Waals surface area contributed by atoms with E-state index in [1.165, 1.54) is 12.1 Å². The maximum atomic E-state index is 12.0. The third-order valence-corrected chi connectivity index (χ3v) is 4.37. The van der Waals surface area contributed by atoms with Crippen LogP contribution in [0.2, 0.25) is 0 Å². The number of hydrogen-bond acceptors (Lipinski definition) is 6. The van der Waals surface area contributed by atoms with Gasteiger partial charge in [0.2, 0.25) is 0 Å². The zero-order valence-corrected chi connectivity index (χ0v) is 11.9. The third-order valence-electron chi connectivity index (χ3n) is 2.39. The van der Waals surface area contributed by atoms with Crippen LogP contribution < -0.4 is 5.32 Å². The predicted molar refractivity (Wildman–Crippen MR) is 72.2 cm³/mol. The standard InChI is InChI=1S/C11H11N3O3S2/c1-7-10(18-14-13-7)11(15)12-8-5-3-4-6-9(8)19(2,16)17/h3-6H,1-2H3,(H,12,15). The summed E-state index contributed by atoms with van der Waals surface area (Å²) < 4.78 is 26.9. The monoisotopic (exact) mass is 297 g/mol. The molecule has 8 heteroatoms. The molecule has 0 spiro atoms. The molecule has 2 rings (SSSR count). The number of nitrogens with zero attached hydrogens (tertiary/aromatic N) is 2. The molecule has 6 nitrogen and oxygen atoms in total. The van der Waals surface area contributed by atoms with Gasteiger partial charge in [-0.05, 0) is 30.6 Å². The maximum absolute atomic E-state index is 12.0. The number of amides is 1. The second kappa shape index (κ2) is 5.06. The minimum atomic E-state index is -3.40. The SMILES string of the molecule is Cc1nnsc1C(=O)Nc1ccccc1S(C)(=O)=O. The molecule has 1 amide bonds. The molecule has 1 aromatic carbocycles. The lowest BCUT2D eigenvalue weighted by Crippen LogP contribution is -2.14. The van der Waals surface area contributed by atoms with Crippen molar-refractivity contribution in [2.24, 2.45) is 0 Å². The summed E-state index contributed by atoms with van der Waals surface area (Å²) in [6, 6.07) is 6.24.